The molecule has 3 unspecified atom stereocenters. The first-order chi connectivity index (χ1) is 16.2. The normalized spacial score (nSPS) is 23.3. The molecule has 4 aromatic rings. The molecule has 3 fully saturated rings. The van der Waals surface area contributed by atoms with Crippen LogP contribution >= 0.6 is 0 Å². The van der Waals surface area contributed by atoms with Gasteiger partial charge in [-0.05, 0) is 79.2 Å². The van der Waals surface area contributed by atoms with Crippen molar-refractivity contribution < 1.29 is 18.0 Å². The number of hydrogen-bond acceptors (Lipinski definition) is 3. The van der Waals surface area contributed by atoms with Crippen LogP contribution in [0.15, 0.2) is 40.8 Å². The number of rotatable bonds is 4. The predicted molar refractivity (Wildman–Crippen MR) is 126 cm³/mol. The maximum Gasteiger partial charge on any atom is 0.275 e. The maximum atomic E-state index is 14.7. The molecule has 0 radical (unpaired) electrons. The van der Waals surface area contributed by atoms with Gasteiger partial charge in [0.2, 0.25) is 0 Å². The van der Waals surface area contributed by atoms with E-state index >= 15 is 0 Å². The van der Waals surface area contributed by atoms with Gasteiger partial charge in [0.15, 0.2) is 17.1 Å². The first kappa shape index (κ1) is 21.3. The van der Waals surface area contributed by atoms with Crippen LogP contribution in [-0.4, -0.2) is 22.2 Å². The highest BCUT2D eigenvalue weighted by atomic mass is 19.1. The van der Waals surface area contributed by atoms with Crippen molar-refractivity contribution in [1.82, 2.24) is 15.1 Å². The number of halogens is 2. The van der Waals surface area contributed by atoms with Crippen LogP contribution in [0, 0.1) is 41.7 Å². The summed E-state index contributed by atoms with van der Waals surface area (Å²) in [6, 6.07) is 8.98. The number of benzene rings is 2. The second-order valence-electron chi connectivity index (χ2n) is 10.5. The minimum atomic E-state index is -0.762. The van der Waals surface area contributed by atoms with E-state index in [0.717, 1.165) is 24.0 Å². The Morgan fingerprint density at radius 1 is 1.21 bits per heavy atom. The van der Waals surface area contributed by atoms with Crippen LogP contribution in [0.5, 0.6) is 0 Å². The molecule has 1 N–H and O–H groups in total. The fourth-order valence-corrected chi connectivity index (χ4v) is 6.25. The van der Waals surface area contributed by atoms with Gasteiger partial charge in [-0.15, -0.1) is 0 Å². The summed E-state index contributed by atoms with van der Waals surface area (Å²) in [5.41, 5.74) is 2.88. The van der Waals surface area contributed by atoms with Crippen molar-refractivity contribution in [2.75, 3.05) is 6.54 Å². The number of amides is 1. The molecular weight excluding hydrogens is 436 g/mol. The summed E-state index contributed by atoms with van der Waals surface area (Å²) >= 11 is 0. The Labute approximate surface area is 196 Å². The smallest absolute Gasteiger partial charge is 0.275 e. The number of furan rings is 1. The number of carbonyl (C=O) groups excluding carboxylic acids is 1. The molecule has 176 valence electrons. The number of carbonyl (C=O) groups is 1. The van der Waals surface area contributed by atoms with Crippen LogP contribution in [-0.2, 0) is 0 Å². The van der Waals surface area contributed by atoms with E-state index in [-0.39, 0.29) is 17.3 Å². The Hall–Kier alpha value is -3.22. The number of aromatic nitrogens is 2. The summed E-state index contributed by atoms with van der Waals surface area (Å²) in [6.07, 6.45) is 3.56. The molecule has 1 amide bonds. The second kappa shape index (κ2) is 7.39. The lowest BCUT2D eigenvalue weighted by atomic mass is 9.45. The molecule has 7 rings (SSSR count). The zero-order chi connectivity index (χ0) is 23.8. The van der Waals surface area contributed by atoms with Gasteiger partial charge >= 0.3 is 0 Å². The number of nitrogens with zero attached hydrogens (tertiary/aromatic N) is 2. The summed E-state index contributed by atoms with van der Waals surface area (Å²) < 4.78 is 35.7. The van der Waals surface area contributed by atoms with Gasteiger partial charge in [-0.3, -0.25) is 4.79 Å². The number of nitrogens with one attached hydrogen (secondary N) is 1. The van der Waals surface area contributed by atoms with Crippen LogP contribution in [0.3, 0.4) is 0 Å². The average molecular weight is 464 g/mol. The molecule has 3 aliphatic carbocycles. The van der Waals surface area contributed by atoms with Gasteiger partial charge in [0, 0.05) is 18.0 Å². The van der Waals surface area contributed by atoms with Crippen molar-refractivity contribution in [2.45, 2.75) is 40.0 Å². The molecule has 0 aliphatic heterocycles. The third-order valence-electron chi connectivity index (χ3n) is 8.33. The third-order valence-corrected chi connectivity index (χ3v) is 8.33. The van der Waals surface area contributed by atoms with Crippen molar-refractivity contribution in [3.05, 3.63) is 59.3 Å². The van der Waals surface area contributed by atoms with E-state index in [9.17, 15) is 13.6 Å². The van der Waals surface area contributed by atoms with E-state index in [4.69, 9.17) is 4.42 Å². The molecular formula is C27H27F2N3O2. The summed E-state index contributed by atoms with van der Waals surface area (Å²) in [5, 5.41) is 8.23. The molecule has 2 aromatic heterocycles. The summed E-state index contributed by atoms with van der Waals surface area (Å²) in [5.74, 6) is 0.0671. The molecule has 2 heterocycles. The van der Waals surface area contributed by atoms with Crippen molar-refractivity contribution >= 4 is 28.0 Å². The molecule has 0 spiro atoms. The topological polar surface area (TPSA) is 60.1 Å². The van der Waals surface area contributed by atoms with E-state index in [1.54, 1.807) is 0 Å². The Bertz CT molecular complexity index is 1450. The zero-order valence-corrected chi connectivity index (χ0v) is 19.5. The van der Waals surface area contributed by atoms with Crippen LogP contribution in [0.2, 0.25) is 0 Å². The first-order valence-electron chi connectivity index (χ1n) is 11.9. The van der Waals surface area contributed by atoms with Gasteiger partial charge < -0.3 is 9.73 Å². The van der Waals surface area contributed by atoms with Crippen molar-refractivity contribution in [3.63, 3.8) is 0 Å². The average Bonchev–Trinajstić information content (AvgIpc) is 3.34. The van der Waals surface area contributed by atoms with E-state index in [0.29, 0.717) is 45.9 Å². The van der Waals surface area contributed by atoms with E-state index in [2.05, 4.69) is 24.3 Å². The molecule has 3 saturated carbocycles. The summed E-state index contributed by atoms with van der Waals surface area (Å²) in [7, 11) is 0. The van der Waals surface area contributed by atoms with E-state index < -0.39 is 11.6 Å². The lowest BCUT2D eigenvalue weighted by molar-refractivity contribution is -0.103. The monoisotopic (exact) mass is 463 g/mol. The molecule has 2 aromatic carbocycles. The van der Waals surface area contributed by atoms with Crippen molar-refractivity contribution in [2.24, 2.45) is 23.2 Å². The van der Waals surface area contributed by atoms with Gasteiger partial charge in [-0.2, -0.15) is 5.10 Å². The highest BCUT2D eigenvalue weighted by molar-refractivity contribution is 6.11. The fourth-order valence-electron chi connectivity index (χ4n) is 6.25. The number of fused-ring (bicyclic) bond motifs is 5. The molecule has 3 atom stereocenters. The van der Waals surface area contributed by atoms with Crippen molar-refractivity contribution in [3.8, 4) is 5.69 Å². The van der Waals surface area contributed by atoms with Crippen LogP contribution in [0.1, 0.15) is 49.2 Å². The quantitative estimate of drug-likeness (QED) is 0.394. The second-order valence-corrected chi connectivity index (χ2v) is 10.5. The third kappa shape index (κ3) is 3.09. The molecule has 3 aliphatic rings. The van der Waals surface area contributed by atoms with Crippen molar-refractivity contribution in [1.29, 1.82) is 0 Å². The van der Waals surface area contributed by atoms with E-state index in [1.165, 1.54) is 29.7 Å². The van der Waals surface area contributed by atoms with Crippen LogP contribution in [0.4, 0.5) is 8.78 Å². The van der Waals surface area contributed by atoms with Gasteiger partial charge in [0.05, 0.1) is 0 Å². The standard InChI is InChI=1S/C27H27F2N3O2/c1-14-4-8-18-22(10-14)34-25-23(31-32(24(18)25)21-9-7-17(28)12-20(21)29)26(33)30-13-15-5-6-16-11-19(15)27(16,2)3/h4,7-10,12,15-16,19H,5-6,11,13H2,1-3H3,(H,30,33). The summed E-state index contributed by atoms with van der Waals surface area (Å²) in [6.45, 7) is 7.19. The largest absolute Gasteiger partial charge is 0.452 e. The Morgan fingerprint density at radius 3 is 2.76 bits per heavy atom. The van der Waals surface area contributed by atoms with Gasteiger partial charge in [0.1, 0.15) is 22.6 Å². The molecule has 0 saturated heterocycles. The van der Waals surface area contributed by atoms with Crippen LogP contribution < -0.4 is 5.32 Å². The number of hydrogen-bond donors (Lipinski definition) is 1. The van der Waals surface area contributed by atoms with Gasteiger partial charge in [-0.1, -0.05) is 19.9 Å². The molecule has 7 heteroatoms. The molecule has 34 heavy (non-hydrogen) atoms. The molecule has 2 bridgehead atoms. The Kier molecular flexibility index (Phi) is 4.63. The molecule has 5 nitrogen and oxygen atoms in total. The highest BCUT2D eigenvalue weighted by Gasteiger charge is 2.54. The lowest BCUT2D eigenvalue weighted by Gasteiger charge is -2.60. The lowest BCUT2D eigenvalue weighted by Crippen LogP contribution is -2.54. The highest BCUT2D eigenvalue weighted by Crippen LogP contribution is 2.61. The number of aryl methyl sites for hydroxylation is 1. The first-order valence-corrected chi connectivity index (χ1v) is 11.9. The fraction of sp³-hybridized carbons (Fsp3) is 0.407. The predicted octanol–water partition coefficient (Wildman–Crippen LogP) is 6.16. The Morgan fingerprint density at radius 2 is 2.03 bits per heavy atom. The maximum absolute atomic E-state index is 14.7. The van der Waals surface area contributed by atoms with Crippen LogP contribution in [0.25, 0.3) is 27.8 Å². The van der Waals surface area contributed by atoms with E-state index in [1.807, 2.05) is 25.1 Å². The summed E-state index contributed by atoms with van der Waals surface area (Å²) in [4.78, 5) is 13.3. The Balaban J connectivity index is 1.39. The van der Waals surface area contributed by atoms with Gasteiger partial charge in [-0.25, -0.2) is 13.5 Å². The minimum Gasteiger partial charge on any atom is -0.452 e. The van der Waals surface area contributed by atoms with Gasteiger partial charge in [0.25, 0.3) is 5.91 Å². The minimum absolute atomic E-state index is 0.0586. The SMILES string of the molecule is Cc1ccc2c(c1)oc1c(C(=O)NCC3CCC4CC3C4(C)C)nn(-c3ccc(F)cc3F)c12. The zero-order valence-electron chi connectivity index (χ0n) is 19.5.